The van der Waals surface area contributed by atoms with Gasteiger partial charge in [0.05, 0.1) is 0 Å². The molecule has 0 heterocycles. The SMILES string of the molecule is CCC#CCCCC=O. The van der Waals surface area contributed by atoms with Gasteiger partial charge in [-0.1, -0.05) is 6.92 Å². The van der Waals surface area contributed by atoms with Crippen LogP contribution in [0.15, 0.2) is 0 Å². The molecule has 0 saturated carbocycles. The van der Waals surface area contributed by atoms with E-state index < -0.39 is 0 Å². The molecule has 0 atom stereocenters. The third-order valence-corrected chi connectivity index (χ3v) is 0.926. The van der Waals surface area contributed by atoms with Crippen molar-refractivity contribution in [3.05, 3.63) is 0 Å². The van der Waals surface area contributed by atoms with E-state index in [9.17, 15) is 4.79 Å². The molecule has 0 rings (SSSR count). The van der Waals surface area contributed by atoms with Gasteiger partial charge in [-0.2, -0.15) is 0 Å². The van der Waals surface area contributed by atoms with Crippen molar-refractivity contribution < 1.29 is 4.79 Å². The maximum Gasteiger partial charge on any atom is 0.120 e. The topological polar surface area (TPSA) is 17.1 Å². The Labute approximate surface area is 56.5 Å². The molecule has 1 nitrogen and oxygen atoms in total. The van der Waals surface area contributed by atoms with Gasteiger partial charge in [-0.05, 0) is 6.42 Å². The Kier molecular flexibility index (Phi) is 6.61. The van der Waals surface area contributed by atoms with Gasteiger partial charge in [0.1, 0.15) is 6.29 Å². The Morgan fingerprint density at radius 2 is 2.22 bits per heavy atom. The van der Waals surface area contributed by atoms with E-state index in [1.54, 1.807) is 0 Å². The summed E-state index contributed by atoms with van der Waals surface area (Å²) in [7, 11) is 0. The van der Waals surface area contributed by atoms with E-state index in [1.165, 1.54) is 0 Å². The van der Waals surface area contributed by atoms with Gasteiger partial charge in [0.2, 0.25) is 0 Å². The standard InChI is InChI=1S/C8H12O/c1-2-3-4-5-6-7-8-9/h8H,2,5-7H2,1H3. The summed E-state index contributed by atoms with van der Waals surface area (Å²) in [6.07, 6.45) is 4.29. The molecule has 0 fully saturated rings. The van der Waals surface area contributed by atoms with Crippen LogP contribution in [0.2, 0.25) is 0 Å². The normalized spacial score (nSPS) is 7.67. The average molecular weight is 124 g/mol. The molecule has 0 aromatic heterocycles. The average Bonchev–Trinajstić information content (AvgIpc) is 1.89. The van der Waals surface area contributed by atoms with Gasteiger partial charge in [-0.25, -0.2) is 0 Å². The Bertz CT molecular complexity index is 116. The van der Waals surface area contributed by atoms with Crippen LogP contribution in [-0.2, 0) is 4.79 Å². The molecule has 0 aliphatic rings. The van der Waals surface area contributed by atoms with Crippen molar-refractivity contribution in [3.63, 3.8) is 0 Å². The highest BCUT2D eigenvalue weighted by atomic mass is 16.1. The van der Waals surface area contributed by atoms with Crippen molar-refractivity contribution >= 4 is 6.29 Å². The number of rotatable bonds is 3. The van der Waals surface area contributed by atoms with Crippen LogP contribution in [0, 0.1) is 11.8 Å². The van der Waals surface area contributed by atoms with Crippen LogP contribution in [0.5, 0.6) is 0 Å². The highest BCUT2D eigenvalue weighted by Crippen LogP contribution is 1.89. The predicted molar refractivity (Wildman–Crippen MR) is 38.0 cm³/mol. The molecule has 1 heteroatoms. The van der Waals surface area contributed by atoms with Gasteiger partial charge < -0.3 is 4.79 Å². The van der Waals surface area contributed by atoms with Crippen LogP contribution in [0.4, 0.5) is 0 Å². The van der Waals surface area contributed by atoms with Crippen LogP contribution >= 0.6 is 0 Å². The molecule has 0 aromatic carbocycles. The summed E-state index contributed by atoms with van der Waals surface area (Å²) in [4.78, 5) is 9.79. The number of hydrogen-bond acceptors (Lipinski definition) is 1. The van der Waals surface area contributed by atoms with Gasteiger partial charge >= 0.3 is 0 Å². The quantitative estimate of drug-likeness (QED) is 0.318. The molecule has 0 aromatic rings. The highest BCUT2D eigenvalue weighted by Gasteiger charge is 1.78. The molecule has 0 spiro atoms. The van der Waals surface area contributed by atoms with Gasteiger partial charge in [0.25, 0.3) is 0 Å². The molecule has 0 bridgehead atoms. The summed E-state index contributed by atoms with van der Waals surface area (Å²) in [5, 5.41) is 0. The minimum absolute atomic E-state index is 0.651. The first-order chi connectivity index (χ1) is 4.41. The second-order valence-corrected chi connectivity index (χ2v) is 1.77. The zero-order valence-corrected chi connectivity index (χ0v) is 5.81. The number of aldehydes is 1. The fourth-order valence-corrected chi connectivity index (χ4v) is 0.487. The fraction of sp³-hybridized carbons (Fsp3) is 0.625. The van der Waals surface area contributed by atoms with Crippen LogP contribution < -0.4 is 0 Å². The summed E-state index contributed by atoms with van der Waals surface area (Å²) in [5.74, 6) is 5.90. The van der Waals surface area contributed by atoms with Crippen LogP contribution in [0.3, 0.4) is 0 Å². The Hall–Kier alpha value is -0.770. The van der Waals surface area contributed by atoms with Crippen molar-refractivity contribution in [3.8, 4) is 11.8 Å². The molecule has 0 unspecified atom stereocenters. The molecule has 0 aliphatic carbocycles. The van der Waals surface area contributed by atoms with Crippen LogP contribution in [0.25, 0.3) is 0 Å². The van der Waals surface area contributed by atoms with Gasteiger partial charge in [-0.15, -0.1) is 11.8 Å². The summed E-state index contributed by atoms with van der Waals surface area (Å²) in [6.45, 7) is 2.02. The molecule has 0 aliphatic heterocycles. The van der Waals surface area contributed by atoms with Crippen molar-refractivity contribution in [2.75, 3.05) is 0 Å². The second-order valence-electron chi connectivity index (χ2n) is 1.77. The first kappa shape index (κ1) is 8.23. The van der Waals surface area contributed by atoms with E-state index in [2.05, 4.69) is 11.8 Å². The maximum absolute atomic E-state index is 9.79. The number of carbonyl (C=O) groups is 1. The minimum Gasteiger partial charge on any atom is -0.303 e. The molecule has 0 N–H and O–H groups in total. The van der Waals surface area contributed by atoms with Crippen molar-refractivity contribution in [1.82, 2.24) is 0 Å². The summed E-state index contributed by atoms with van der Waals surface area (Å²) < 4.78 is 0. The number of carbonyl (C=O) groups excluding carboxylic acids is 1. The molecule has 0 saturated heterocycles. The molecular weight excluding hydrogens is 112 g/mol. The molecular formula is C8H12O. The van der Waals surface area contributed by atoms with Crippen molar-refractivity contribution in [2.24, 2.45) is 0 Å². The highest BCUT2D eigenvalue weighted by molar-refractivity contribution is 5.49. The summed E-state index contributed by atoms with van der Waals surface area (Å²) in [5.41, 5.74) is 0. The van der Waals surface area contributed by atoms with Crippen LogP contribution in [-0.4, -0.2) is 6.29 Å². The van der Waals surface area contributed by atoms with E-state index in [0.29, 0.717) is 6.42 Å². The smallest absolute Gasteiger partial charge is 0.120 e. The van der Waals surface area contributed by atoms with Gasteiger partial charge in [-0.3, -0.25) is 0 Å². The lowest BCUT2D eigenvalue weighted by atomic mass is 10.2. The monoisotopic (exact) mass is 124 g/mol. The minimum atomic E-state index is 0.651. The van der Waals surface area contributed by atoms with Gasteiger partial charge in [0, 0.05) is 19.3 Å². The van der Waals surface area contributed by atoms with Crippen molar-refractivity contribution in [2.45, 2.75) is 32.6 Å². The Balaban J connectivity index is 2.98. The first-order valence-electron chi connectivity index (χ1n) is 3.31. The van der Waals surface area contributed by atoms with E-state index >= 15 is 0 Å². The maximum atomic E-state index is 9.79. The molecule has 50 valence electrons. The Morgan fingerprint density at radius 3 is 2.78 bits per heavy atom. The third-order valence-electron chi connectivity index (χ3n) is 0.926. The third kappa shape index (κ3) is 7.23. The van der Waals surface area contributed by atoms with Gasteiger partial charge in [0.15, 0.2) is 0 Å². The number of unbranched alkanes of at least 4 members (excludes halogenated alkanes) is 2. The lowest BCUT2D eigenvalue weighted by molar-refractivity contribution is -0.107. The fourth-order valence-electron chi connectivity index (χ4n) is 0.487. The lowest BCUT2D eigenvalue weighted by Gasteiger charge is -1.81. The van der Waals surface area contributed by atoms with Crippen LogP contribution in [0.1, 0.15) is 32.6 Å². The first-order valence-corrected chi connectivity index (χ1v) is 3.31. The van der Waals surface area contributed by atoms with Crippen molar-refractivity contribution in [1.29, 1.82) is 0 Å². The van der Waals surface area contributed by atoms with E-state index in [1.807, 2.05) is 6.92 Å². The van der Waals surface area contributed by atoms with E-state index in [-0.39, 0.29) is 0 Å². The summed E-state index contributed by atoms with van der Waals surface area (Å²) >= 11 is 0. The molecule has 0 radical (unpaired) electrons. The molecule has 9 heavy (non-hydrogen) atoms. The largest absolute Gasteiger partial charge is 0.303 e. The Morgan fingerprint density at radius 1 is 1.44 bits per heavy atom. The molecule has 0 amide bonds. The zero-order chi connectivity index (χ0) is 6.95. The zero-order valence-electron chi connectivity index (χ0n) is 5.81. The lowest BCUT2D eigenvalue weighted by Crippen LogP contribution is -1.73. The second kappa shape index (κ2) is 7.23. The van der Waals surface area contributed by atoms with E-state index in [0.717, 1.165) is 25.5 Å². The predicted octanol–water partition coefficient (Wildman–Crippen LogP) is 1.77. The summed E-state index contributed by atoms with van der Waals surface area (Å²) in [6, 6.07) is 0. The number of hydrogen-bond donors (Lipinski definition) is 0. The van der Waals surface area contributed by atoms with E-state index in [4.69, 9.17) is 0 Å².